The van der Waals surface area contributed by atoms with Crippen LogP contribution in [-0.2, 0) is 38.1 Å². The van der Waals surface area contributed by atoms with E-state index in [2.05, 4.69) is 4.99 Å². The van der Waals surface area contributed by atoms with Gasteiger partial charge >= 0.3 is 17.9 Å². The molecular formula is C14H19NO8. The predicted octanol–water partition coefficient (Wildman–Crippen LogP) is -0.0450. The number of esters is 3. The summed E-state index contributed by atoms with van der Waals surface area (Å²) in [5.41, 5.74) is 0. The highest BCUT2D eigenvalue weighted by molar-refractivity contribution is 5.75. The zero-order chi connectivity index (χ0) is 17.1. The van der Waals surface area contributed by atoms with Gasteiger partial charge in [-0.25, -0.2) is 4.99 Å². The molecule has 1 saturated heterocycles. The lowest BCUT2D eigenvalue weighted by atomic mass is 9.97. The van der Waals surface area contributed by atoms with Crippen LogP contribution in [0, 0.1) is 0 Å². The Morgan fingerprint density at radius 3 is 2.22 bits per heavy atom. The predicted molar refractivity (Wildman–Crippen MR) is 74.4 cm³/mol. The number of hydrogen-bond donors (Lipinski definition) is 0. The van der Waals surface area contributed by atoms with Gasteiger partial charge in [-0.3, -0.25) is 14.4 Å². The molecule has 128 valence electrons. The third kappa shape index (κ3) is 4.19. The molecule has 23 heavy (non-hydrogen) atoms. The highest BCUT2D eigenvalue weighted by Crippen LogP contribution is 2.32. The van der Waals surface area contributed by atoms with Crippen LogP contribution in [0.5, 0.6) is 0 Å². The number of hydrogen-bond acceptors (Lipinski definition) is 9. The van der Waals surface area contributed by atoms with Gasteiger partial charge in [0.25, 0.3) is 0 Å². The number of ether oxygens (including phenoxy) is 5. The average molecular weight is 329 g/mol. The lowest BCUT2D eigenvalue weighted by molar-refractivity contribution is -0.249. The average Bonchev–Trinajstić information content (AvgIpc) is 2.78. The molecule has 0 saturated carbocycles. The molecule has 2 aliphatic rings. The fraction of sp³-hybridized carbons (Fsp3) is 0.714. The van der Waals surface area contributed by atoms with Gasteiger partial charge in [-0.2, -0.15) is 0 Å². The SMILES string of the molecule is CC(=O)OCC1O[C@H]2OC(C)=N[C@H]2C(OC(C)=O)[C@H]1OC(C)=O. The quantitative estimate of drug-likeness (QED) is 0.522. The maximum atomic E-state index is 11.4. The molecule has 2 unspecified atom stereocenters. The van der Waals surface area contributed by atoms with Gasteiger partial charge in [0.05, 0.1) is 0 Å². The van der Waals surface area contributed by atoms with Crippen molar-refractivity contribution in [2.75, 3.05) is 6.61 Å². The molecule has 2 heterocycles. The molecule has 1 fully saturated rings. The molecule has 0 spiro atoms. The van der Waals surface area contributed by atoms with Gasteiger partial charge in [-0.05, 0) is 0 Å². The third-order valence-corrected chi connectivity index (χ3v) is 3.29. The molecule has 0 radical (unpaired) electrons. The first-order chi connectivity index (χ1) is 10.8. The molecule has 9 nitrogen and oxygen atoms in total. The van der Waals surface area contributed by atoms with Crippen molar-refractivity contribution in [3.63, 3.8) is 0 Å². The van der Waals surface area contributed by atoms with Gasteiger partial charge in [0.1, 0.15) is 12.7 Å². The minimum Gasteiger partial charge on any atom is -0.463 e. The third-order valence-electron chi connectivity index (χ3n) is 3.29. The zero-order valence-corrected chi connectivity index (χ0v) is 13.3. The lowest BCUT2D eigenvalue weighted by Crippen LogP contribution is -2.60. The summed E-state index contributed by atoms with van der Waals surface area (Å²) < 4.78 is 26.5. The van der Waals surface area contributed by atoms with E-state index in [0.717, 1.165) is 0 Å². The standard InChI is InChI=1S/C14H19NO8/c1-6-15-11-13(22-9(4)18)12(21-8(3)17)10(5-19-7(2)16)23-14(11)20-6/h10-14H,5H2,1-4H3/t10?,11-,12-,13?,14+/m0/s1. The van der Waals surface area contributed by atoms with Crippen molar-refractivity contribution in [3.05, 3.63) is 0 Å². The van der Waals surface area contributed by atoms with E-state index in [0.29, 0.717) is 5.90 Å². The molecular weight excluding hydrogens is 310 g/mol. The first-order valence-electron chi connectivity index (χ1n) is 7.12. The van der Waals surface area contributed by atoms with Gasteiger partial charge in [0.15, 0.2) is 24.1 Å². The molecule has 0 N–H and O–H groups in total. The van der Waals surface area contributed by atoms with Crippen molar-refractivity contribution in [1.82, 2.24) is 0 Å². The largest absolute Gasteiger partial charge is 0.463 e. The first kappa shape index (κ1) is 17.2. The van der Waals surface area contributed by atoms with Crippen LogP contribution in [0.2, 0.25) is 0 Å². The van der Waals surface area contributed by atoms with Crippen molar-refractivity contribution in [3.8, 4) is 0 Å². The van der Waals surface area contributed by atoms with E-state index in [9.17, 15) is 14.4 Å². The molecule has 0 aliphatic carbocycles. The van der Waals surface area contributed by atoms with Crippen molar-refractivity contribution in [2.45, 2.75) is 58.3 Å². The highest BCUT2D eigenvalue weighted by atomic mass is 16.7. The van der Waals surface area contributed by atoms with Crippen LogP contribution in [0.25, 0.3) is 0 Å². The molecule has 0 aromatic heterocycles. The summed E-state index contributed by atoms with van der Waals surface area (Å²) in [4.78, 5) is 38.1. The molecule has 5 atom stereocenters. The minimum atomic E-state index is -0.963. The van der Waals surface area contributed by atoms with Crippen LogP contribution in [0.15, 0.2) is 4.99 Å². The Bertz CT molecular complexity index is 531. The maximum absolute atomic E-state index is 11.4. The van der Waals surface area contributed by atoms with E-state index >= 15 is 0 Å². The summed E-state index contributed by atoms with van der Waals surface area (Å²) in [5, 5.41) is 0. The Morgan fingerprint density at radius 2 is 1.65 bits per heavy atom. The Labute approximate surface area is 132 Å². The summed E-state index contributed by atoms with van der Waals surface area (Å²) in [6.45, 7) is 5.17. The van der Waals surface area contributed by atoms with Crippen LogP contribution >= 0.6 is 0 Å². The van der Waals surface area contributed by atoms with Crippen LogP contribution in [-0.4, -0.2) is 61.1 Å². The van der Waals surface area contributed by atoms with Gasteiger partial charge in [0.2, 0.25) is 6.29 Å². The lowest BCUT2D eigenvalue weighted by Gasteiger charge is -2.40. The van der Waals surface area contributed by atoms with Gasteiger partial charge < -0.3 is 23.7 Å². The van der Waals surface area contributed by atoms with E-state index in [1.165, 1.54) is 20.8 Å². The van der Waals surface area contributed by atoms with Crippen molar-refractivity contribution < 1.29 is 38.1 Å². The molecule has 0 amide bonds. The smallest absolute Gasteiger partial charge is 0.303 e. The fourth-order valence-corrected chi connectivity index (χ4v) is 2.53. The fourth-order valence-electron chi connectivity index (χ4n) is 2.53. The zero-order valence-electron chi connectivity index (χ0n) is 13.3. The van der Waals surface area contributed by atoms with E-state index in [1.54, 1.807) is 6.92 Å². The number of aliphatic imine (C=N–C) groups is 1. The van der Waals surface area contributed by atoms with Crippen LogP contribution in [0.1, 0.15) is 27.7 Å². The number of rotatable bonds is 4. The van der Waals surface area contributed by atoms with Crippen molar-refractivity contribution in [1.29, 1.82) is 0 Å². The monoisotopic (exact) mass is 329 g/mol. The van der Waals surface area contributed by atoms with Gasteiger partial charge in [-0.15, -0.1) is 0 Å². The highest BCUT2D eigenvalue weighted by Gasteiger charge is 2.53. The molecule has 2 rings (SSSR count). The van der Waals surface area contributed by atoms with E-state index in [1.807, 2.05) is 0 Å². The normalized spacial score (nSPS) is 32.2. The minimum absolute atomic E-state index is 0.170. The summed E-state index contributed by atoms with van der Waals surface area (Å²) >= 11 is 0. The number of carbonyl (C=O) groups excluding carboxylic acids is 3. The first-order valence-corrected chi connectivity index (χ1v) is 7.12. The van der Waals surface area contributed by atoms with Crippen molar-refractivity contribution >= 4 is 23.8 Å². The van der Waals surface area contributed by atoms with E-state index < -0.39 is 48.6 Å². The second-order valence-corrected chi connectivity index (χ2v) is 5.25. The maximum Gasteiger partial charge on any atom is 0.303 e. The van der Waals surface area contributed by atoms with E-state index in [4.69, 9.17) is 23.7 Å². The molecule has 0 aromatic rings. The van der Waals surface area contributed by atoms with Crippen LogP contribution < -0.4 is 0 Å². The molecule has 0 aromatic carbocycles. The Kier molecular flexibility index (Phi) is 5.19. The summed E-state index contributed by atoms with van der Waals surface area (Å²) in [6.07, 6.45) is -3.50. The number of nitrogens with zero attached hydrogens (tertiary/aromatic N) is 1. The van der Waals surface area contributed by atoms with E-state index in [-0.39, 0.29) is 6.61 Å². The second-order valence-electron chi connectivity index (χ2n) is 5.25. The van der Waals surface area contributed by atoms with Gasteiger partial charge in [-0.1, -0.05) is 0 Å². The Morgan fingerprint density at radius 1 is 1.04 bits per heavy atom. The second kappa shape index (κ2) is 6.95. The summed E-state index contributed by atoms with van der Waals surface area (Å²) in [7, 11) is 0. The topological polar surface area (TPSA) is 110 Å². The number of fused-ring (bicyclic) bond motifs is 1. The molecule has 0 bridgehead atoms. The number of carbonyl (C=O) groups is 3. The Balaban J connectivity index is 2.26. The Hall–Kier alpha value is -2.16. The summed E-state index contributed by atoms with van der Waals surface area (Å²) in [5.74, 6) is -1.28. The van der Waals surface area contributed by atoms with Crippen LogP contribution in [0.4, 0.5) is 0 Å². The van der Waals surface area contributed by atoms with Gasteiger partial charge in [0, 0.05) is 27.7 Å². The van der Waals surface area contributed by atoms with Crippen molar-refractivity contribution in [2.24, 2.45) is 4.99 Å². The molecule has 2 aliphatic heterocycles. The van der Waals surface area contributed by atoms with Crippen LogP contribution in [0.3, 0.4) is 0 Å². The summed E-state index contributed by atoms with van der Waals surface area (Å²) in [6, 6.07) is -0.656. The molecule has 9 heteroatoms.